The molecule has 2 N–H and O–H groups in total. The average molecular weight is 315 g/mol. The fraction of sp³-hybridized carbons (Fsp3) is 0.500. The number of nitrogens with one attached hydrogen (secondary N) is 1. The number of carbonyl (C=O) groups excluding carboxylic acids is 2. The van der Waals surface area contributed by atoms with Gasteiger partial charge in [0.15, 0.2) is 5.78 Å². The van der Waals surface area contributed by atoms with Gasteiger partial charge in [-0.05, 0) is 25.7 Å². The van der Waals surface area contributed by atoms with Crippen molar-refractivity contribution in [1.29, 1.82) is 0 Å². The maximum Gasteiger partial charge on any atom is 0.309 e. The topological polar surface area (TPSA) is 83.5 Å². The molecule has 5 nitrogen and oxygen atoms in total. The Kier molecular flexibility index (Phi) is 3.74. The highest BCUT2D eigenvalue weighted by Crippen LogP contribution is 2.73. The van der Waals surface area contributed by atoms with Gasteiger partial charge in [-0.2, -0.15) is 0 Å². The summed E-state index contributed by atoms with van der Waals surface area (Å²) in [6.45, 7) is 1.97. The molecular weight excluding hydrogens is 294 g/mol. The Bertz CT molecular complexity index is 632. The third-order valence-electron chi connectivity index (χ3n) is 5.22. The molecule has 0 aromatic heterocycles. The molecule has 0 spiro atoms. The minimum Gasteiger partial charge on any atom is -0.481 e. The summed E-state index contributed by atoms with van der Waals surface area (Å²) in [5, 5.41) is 12.0. The first-order valence-electron chi connectivity index (χ1n) is 8.06. The van der Waals surface area contributed by atoms with Crippen LogP contribution in [0.2, 0.25) is 0 Å². The van der Waals surface area contributed by atoms with E-state index >= 15 is 0 Å². The minimum atomic E-state index is -0.808. The SMILES string of the molecule is CCCC(NC(=O)C12CC(C(=O)O)(C1)C2)C(=O)c1ccccc1. The van der Waals surface area contributed by atoms with E-state index in [9.17, 15) is 14.4 Å². The Balaban J connectivity index is 1.66. The highest BCUT2D eigenvalue weighted by Gasteiger charge is 2.75. The molecule has 0 heterocycles. The second kappa shape index (κ2) is 5.48. The van der Waals surface area contributed by atoms with E-state index < -0.39 is 22.8 Å². The summed E-state index contributed by atoms with van der Waals surface area (Å²) in [4.78, 5) is 36.2. The quantitative estimate of drug-likeness (QED) is 0.757. The summed E-state index contributed by atoms with van der Waals surface area (Å²) in [5.41, 5.74) is -0.645. The van der Waals surface area contributed by atoms with Crippen molar-refractivity contribution in [2.24, 2.45) is 10.8 Å². The van der Waals surface area contributed by atoms with Crippen LogP contribution >= 0.6 is 0 Å². The molecule has 2 bridgehead atoms. The summed E-state index contributed by atoms with van der Waals surface area (Å²) < 4.78 is 0. The number of benzene rings is 1. The Morgan fingerprint density at radius 3 is 2.26 bits per heavy atom. The zero-order valence-corrected chi connectivity index (χ0v) is 13.2. The lowest BCUT2D eigenvalue weighted by molar-refractivity contribution is -0.220. The first-order chi connectivity index (χ1) is 10.9. The molecule has 0 radical (unpaired) electrons. The number of amides is 1. The molecule has 1 amide bonds. The van der Waals surface area contributed by atoms with E-state index in [0.717, 1.165) is 6.42 Å². The van der Waals surface area contributed by atoms with Gasteiger partial charge in [-0.1, -0.05) is 43.7 Å². The number of rotatable bonds is 7. The normalized spacial score (nSPS) is 28.9. The van der Waals surface area contributed by atoms with Gasteiger partial charge in [0.25, 0.3) is 0 Å². The van der Waals surface area contributed by atoms with Gasteiger partial charge in [-0.25, -0.2) is 0 Å². The summed E-state index contributed by atoms with van der Waals surface area (Å²) >= 11 is 0. The van der Waals surface area contributed by atoms with E-state index in [1.54, 1.807) is 24.3 Å². The van der Waals surface area contributed by atoms with E-state index in [1.165, 1.54) is 0 Å². The predicted octanol–water partition coefficient (Wildman–Crippen LogP) is 2.41. The van der Waals surface area contributed by atoms with E-state index in [1.807, 2.05) is 13.0 Å². The first kappa shape index (κ1) is 15.7. The molecule has 4 rings (SSSR count). The molecule has 1 atom stereocenters. The molecule has 1 aromatic carbocycles. The number of carboxylic acid groups (broad SMARTS) is 1. The standard InChI is InChI=1S/C18H21NO4/c1-2-6-13(14(20)12-7-4-3-5-8-12)19-15(21)17-9-18(10-17,11-17)16(22)23/h3-5,7-8,13H,2,6,9-11H2,1H3,(H,19,21)(H,22,23). The van der Waals surface area contributed by atoms with Gasteiger partial charge in [0.2, 0.25) is 5.91 Å². The number of Topliss-reactive ketones (excluding diaryl/α,β-unsaturated/α-hetero) is 1. The zero-order valence-electron chi connectivity index (χ0n) is 13.2. The zero-order chi connectivity index (χ0) is 16.7. The largest absolute Gasteiger partial charge is 0.481 e. The molecule has 0 saturated heterocycles. The fourth-order valence-electron chi connectivity index (χ4n) is 3.93. The molecule has 3 saturated carbocycles. The van der Waals surface area contributed by atoms with Gasteiger partial charge in [0.05, 0.1) is 16.9 Å². The van der Waals surface area contributed by atoms with Crippen LogP contribution in [0.5, 0.6) is 0 Å². The Morgan fingerprint density at radius 1 is 1.13 bits per heavy atom. The predicted molar refractivity (Wildman–Crippen MR) is 84.0 cm³/mol. The van der Waals surface area contributed by atoms with Crippen LogP contribution < -0.4 is 5.32 Å². The molecular formula is C18H21NO4. The molecule has 0 aliphatic heterocycles. The van der Waals surface area contributed by atoms with Gasteiger partial charge < -0.3 is 10.4 Å². The maximum atomic E-state index is 12.6. The van der Waals surface area contributed by atoms with Crippen LogP contribution in [-0.2, 0) is 9.59 Å². The summed E-state index contributed by atoms with van der Waals surface area (Å²) in [6, 6.07) is 8.41. The van der Waals surface area contributed by atoms with E-state index in [-0.39, 0.29) is 11.7 Å². The van der Waals surface area contributed by atoms with Gasteiger partial charge in [-0.15, -0.1) is 0 Å². The van der Waals surface area contributed by atoms with Gasteiger partial charge in [-0.3, -0.25) is 14.4 Å². The number of carboxylic acids is 1. The number of aliphatic carboxylic acids is 1. The Hall–Kier alpha value is -2.17. The van der Waals surface area contributed by atoms with Crippen LogP contribution in [0.25, 0.3) is 0 Å². The third kappa shape index (κ3) is 2.44. The molecule has 1 aromatic rings. The van der Waals surface area contributed by atoms with Crippen molar-refractivity contribution >= 4 is 17.7 Å². The van der Waals surface area contributed by atoms with Crippen LogP contribution in [-0.4, -0.2) is 28.8 Å². The molecule has 23 heavy (non-hydrogen) atoms. The highest BCUT2D eigenvalue weighted by molar-refractivity contribution is 6.03. The Labute approximate surface area is 135 Å². The second-order valence-electron chi connectivity index (χ2n) is 6.94. The van der Waals surface area contributed by atoms with Crippen molar-refractivity contribution in [2.45, 2.75) is 45.1 Å². The highest BCUT2D eigenvalue weighted by atomic mass is 16.4. The van der Waals surface area contributed by atoms with Crippen LogP contribution in [0.4, 0.5) is 0 Å². The first-order valence-corrected chi connectivity index (χ1v) is 8.06. The third-order valence-corrected chi connectivity index (χ3v) is 5.22. The van der Waals surface area contributed by atoms with Gasteiger partial charge >= 0.3 is 5.97 Å². The number of ketones is 1. The molecule has 1 unspecified atom stereocenters. The lowest BCUT2D eigenvalue weighted by atomic mass is 9.35. The van der Waals surface area contributed by atoms with Crippen LogP contribution in [0.3, 0.4) is 0 Å². The van der Waals surface area contributed by atoms with Crippen molar-refractivity contribution in [3.05, 3.63) is 35.9 Å². The molecule has 5 heteroatoms. The summed E-state index contributed by atoms with van der Waals surface area (Å²) in [6.07, 6.45) is 2.58. The Morgan fingerprint density at radius 2 is 1.74 bits per heavy atom. The van der Waals surface area contributed by atoms with Crippen LogP contribution in [0.15, 0.2) is 30.3 Å². The van der Waals surface area contributed by atoms with Gasteiger partial charge in [0, 0.05) is 5.56 Å². The number of hydrogen-bond donors (Lipinski definition) is 2. The van der Waals surface area contributed by atoms with Crippen molar-refractivity contribution < 1.29 is 19.5 Å². The molecule has 3 aliphatic rings. The smallest absolute Gasteiger partial charge is 0.309 e. The molecule has 3 aliphatic carbocycles. The summed E-state index contributed by atoms with van der Waals surface area (Å²) in [7, 11) is 0. The second-order valence-corrected chi connectivity index (χ2v) is 6.94. The maximum absolute atomic E-state index is 12.6. The number of carbonyl (C=O) groups is 3. The monoisotopic (exact) mass is 315 g/mol. The lowest BCUT2D eigenvalue weighted by Crippen LogP contribution is -2.71. The summed E-state index contributed by atoms with van der Waals surface area (Å²) in [5.74, 6) is -1.05. The number of hydrogen-bond acceptors (Lipinski definition) is 3. The average Bonchev–Trinajstić information content (AvgIpc) is 2.43. The van der Waals surface area contributed by atoms with Crippen molar-refractivity contribution in [3.8, 4) is 0 Å². The van der Waals surface area contributed by atoms with Crippen LogP contribution in [0, 0.1) is 10.8 Å². The van der Waals surface area contributed by atoms with Crippen molar-refractivity contribution in [1.82, 2.24) is 5.32 Å². The lowest BCUT2D eigenvalue weighted by Gasteiger charge is -2.66. The molecule has 122 valence electrons. The van der Waals surface area contributed by atoms with Crippen molar-refractivity contribution in [3.63, 3.8) is 0 Å². The minimum absolute atomic E-state index is 0.0830. The molecule has 3 fully saturated rings. The van der Waals surface area contributed by atoms with Crippen LogP contribution in [0.1, 0.15) is 49.4 Å². The fourth-order valence-corrected chi connectivity index (χ4v) is 3.93. The van der Waals surface area contributed by atoms with Gasteiger partial charge in [0.1, 0.15) is 0 Å². The van der Waals surface area contributed by atoms with E-state index in [0.29, 0.717) is 31.2 Å². The van der Waals surface area contributed by atoms with E-state index in [4.69, 9.17) is 5.11 Å². The van der Waals surface area contributed by atoms with Crippen molar-refractivity contribution in [2.75, 3.05) is 0 Å². The van der Waals surface area contributed by atoms with E-state index in [2.05, 4.69) is 5.32 Å².